The Kier molecular flexibility index (Phi) is 4.01. The van der Waals surface area contributed by atoms with Gasteiger partial charge in [-0.2, -0.15) is 4.31 Å². The number of amides is 1. The van der Waals surface area contributed by atoms with E-state index in [9.17, 15) is 13.2 Å². The zero-order valence-corrected chi connectivity index (χ0v) is 12.5. The Bertz CT molecular complexity index is 627. The molecule has 7 heteroatoms. The van der Waals surface area contributed by atoms with Crippen molar-refractivity contribution >= 4 is 15.9 Å². The molecule has 0 aromatic heterocycles. The molecule has 1 aliphatic rings. The van der Waals surface area contributed by atoms with Crippen LogP contribution in [0.15, 0.2) is 23.1 Å². The molecule has 110 valence electrons. The summed E-state index contributed by atoms with van der Waals surface area (Å²) in [5.74, 6) is 0.330. The first-order valence-electron chi connectivity index (χ1n) is 6.32. The van der Waals surface area contributed by atoms with Crippen LogP contribution in [-0.2, 0) is 14.8 Å². The summed E-state index contributed by atoms with van der Waals surface area (Å²) in [5, 5.41) is 2.65. The van der Waals surface area contributed by atoms with E-state index in [0.29, 0.717) is 17.9 Å². The SMILES string of the molecule is COc1ccc(S(=O)(=O)N2CCNC(=O)C2C)c(C)c1. The molecule has 0 aliphatic carbocycles. The summed E-state index contributed by atoms with van der Waals surface area (Å²) in [7, 11) is -2.16. The maximum Gasteiger partial charge on any atom is 0.244 e. The second kappa shape index (κ2) is 5.41. The number of hydrogen-bond acceptors (Lipinski definition) is 4. The number of nitrogens with zero attached hydrogens (tertiary/aromatic N) is 1. The molecule has 0 bridgehead atoms. The minimum atomic E-state index is -3.68. The molecular formula is C13H18N2O4S. The van der Waals surface area contributed by atoms with Crippen molar-refractivity contribution in [3.63, 3.8) is 0 Å². The highest BCUT2D eigenvalue weighted by Gasteiger charge is 2.36. The first-order valence-corrected chi connectivity index (χ1v) is 7.76. The summed E-state index contributed by atoms with van der Waals surface area (Å²) < 4.78 is 31.6. The average molecular weight is 298 g/mol. The lowest BCUT2D eigenvalue weighted by Crippen LogP contribution is -2.55. The number of hydrogen-bond donors (Lipinski definition) is 1. The predicted molar refractivity (Wildman–Crippen MR) is 74.1 cm³/mol. The molecule has 1 heterocycles. The van der Waals surface area contributed by atoms with Gasteiger partial charge in [-0.1, -0.05) is 0 Å². The molecule has 1 N–H and O–H groups in total. The van der Waals surface area contributed by atoms with Gasteiger partial charge in [0.15, 0.2) is 0 Å². The van der Waals surface area contributed by atoms with Gasteiger partial charge in [-0.3, -0.25) is 4.79 Å². The number of piperazine rings is 1. The number of benzene rings is 1. The number of methoxy groups -OCH3 is 1. The Balaban J connectivity index is 2.42. The average Bonchev–Trinajstić information content (AvgIpc) is 2.41. The third-order valence-electron chi connectivity index (χ3n) is 3.41. The Labute approximate surface area is 118 Å². The van der Waals surface area contributed by atoms with E-state index in [2.05, 4.69) is 5.32 Å². The topological polar surface area (TPSA) is 75.7 Å². The minimum Gasteiger partial charge on any atom is -0.497 e. The van der Waals surface area contributed by atoms with E-state index in [-0.39, 0.29) is 17.3 Å². The Morgan fingerprint density at radius 3 is 2.70 bits per heavy atom. The van der Waals surface area contributed by atoms with E-state index in [1.165, 1.54) is 17.5 Å². The standard InChI is InChI=1S/C13H18N2O4S/c1-9-8-11(19-3)4-5-12(9)20(17,18)15-7-6-14-13(16)10(15)2/h4-5,8,10H,6-7H2,1-3H3,(H,14,16). The van der Waals surface area contributed by atoms with Gasteiger partial charge in [-0.05, 0) is 37.6 Å². The van der Waals surface area contributed by atoms with Gasteiger partial charge in [0, 0.05) is 13.1 Å². The normalized spacial score (nSPS) is 20.6. The number of rotatable bonds is 3. The number of carbonyl (C=O) groups is 1. The van der Waals surface area contributed by atoms with Gasteiger partial charge < -0.3 is 10.1 Å². The second-order valence-corrected chi connectivity index (χ2v) is 6.57. The van der Waals surface area contributed by atoms with Crippen molar-refractivity contribution in [2.75, 3.05) is 20.2 Å². The van der Waals surface area contributed by atoms with E-state index < -0.39 is 16.1 Å². The molecule has 1 aromatic rings. The first-order chi connectivity index (χ1) is 9.37. The molecule has 0 saturated carbocycles. The molecule has 1 aromatic carbocycles. The summed E-state index contributed by atoms with van der Waals surface area (Å²) in [5.41, 5.74) is 0.600. The van der Waals surface area contributed by atoms with E-state index in [1.807, 2.05) is 0 Å². The maximum absolute atomic E-state index is 12.7. The summed E-state index contributed by atoms with van der Waals surface area (Å²) in [6.45, 7) is 3.91. The third kappa shape index (κ3) is 2.51. The number of carbonyl (C=O) groups excluding carboxylic acids is 1. The van der Waals surface area contributed by atoms with Crippen LogP contribution >= 0.6 is 0 Å². The highest BCUT2D eigenvalue weighted by Crippen LogP contribution is 2.25. The smallest absolute Gasteiger partial charge is 0.244 e. The fourth-order valence-corrected chi connectivity index (χ4v) is 4.06. The molecule has 1 saturated heterocycles. The molecule has 1 aliphatic heterocycles. The molecule has 1 amide bonds. The third-order valence-corrected chi connectivity index (χ3v) is 5.54. The number of sulfonamides is 1. The molecule has 0 radical (unpaired) electrons. The second-order valence-electron chi connectivity index (χ2n) is 4.71. The van der Waals surface area contributed by atoms with Crippen molar-refractivity contribution in [1.29, 1.82) is 0 Å². The molecule has 1 fully saturated rings. The van der Waals surface area contributed by atoms with Crippen LogP contribution in [0.4, 0.5) is 0 Å². The molecule has 1 atom stereocenters. The van der Waals surface area contributed by atoms with Crippen LogP contribution in [0.1, 0.15) is 12.5 Å². The van der Waals surface area contributed by atoms with Gasteiger partial charge >= 0.3 is 0 Å². The van der Waals surface area contributed by atoms with E-state index >= 15 is 0 Å². The summed E-state index contributed by atoms with van der Waals surface area (Å²) in [6.07, 6.45) is 0. The van der Waals surface area contributed by atoms with Crippen LogP contribution in [0, 0.1) is 6.92 Å². The summed E-state index contributed by atoms with van der Waals surface area (Å²) in [6, 6.07) is 4.09. The quantitative estimate of drug-likeness (QED) is 0.882. The van der Waals surface area contributed by atoms with Crippen LogP contribution in [0.3, 0.4) is 0 Å². The van der Waals surface area contributed by atoms with Gasteiger partial charge in [-0.25, -0.2) is 8.42 Å². The fourth-order valence-electron chi connectivity index (χ4n) is 2.25. The lowest BCUT2D eigenvalue weighted by Gasteiger charge is -2.32. The van der Waals surface area contributed by atoms with E-state index in [1.54, 1.807) is 26.0 Å². The Morgan fingerprint density at radius 1 is 1.40 bits per heavy atom. The zero-order chi connectivity index (χ0) is 14.9. The number of nitrogens with one attached hydrogen (secondary N) is 1. The molecular weight excluding hydrogens is 280 g/mol. The molecule has 0 spiro atoms. The van der Waals surface area contributed by atoms with Crippen LogP contribution in [0.5, 0.6) is 5.75 Å². The number of aryl methyl sites for hydroxylation is 1. The van der Waals surface area contributed by atoms with Crippen molar-refractivity contribution in [2.45, 2.75) is 24.8 Å². The van der Waals surface area contributed by atoms with Gasteiger partial charge in [0.1, 0.15) is 11.8 Å². The van der Waals surface area contributed by atoms with Gasteiger partial charge in [-0.15, -0.1) is 0 Å². The predicted octanol–water partition coefficient (Wildman–Crippen LogP) is 0.513. The highest BCUT2D eigenvalue weighted by molar-refractivity contribution is 7.89. The zero-order valence-electron chi connectivity index (χ0n) is 11.7. The first kappa shape index (κ1) is 14.8. The fraction of sp³-hybridized carbons (Fsp3) is 0.462. The van der Waals surface area contributed by atoms with Crippen molar-refractivity contribution in [2.24, 2.45) is 0 Å². The number of ether oxygens (including phenoxy) is 1. The van der Waals surface area contributed by atoms with Crippen molar-refractivity contribution in [3.05, 3.63) is 23.8 Å². The maximum atomic E-state index is 12.7. The van der Waals surface area contributed by atoms with E-state index in [0.717, 1.165) is 0 Å². The van der Waals surface area contributed by atoms with Crippen LogP contribution in [0.25, 0.3) is 0 Å². The van der Waals surface area contributed by atoms with Crippen molar-refractivity contribution < 1.29 is 17.9 Å². The molecule has 1 unspecified atom stereocenters. The Morgan fingerprint density at radius 2 is 2.10 bits per heavy atom. The van der Waals surface area contributed by atoms with E-state index in [4.69, 9.17) is 4.74 Å². The van der Waals surface area contributed by atoms with Crippen LogP contribution < -0.4 is 10.1 Å². The van der Waals surface area contributed by atoms with Crippen molar-refractivity contribution in [3.8, 4) is 5.75 Å². The van der Waals surface area contributed by atoms with Gasteiger partial charge in [0.05, 0.1) is 12.0 Å². The lowest BCUT2D eigenvalue weighted by atomic mass is 10.2. The Hall–Kier alpha value is -1.60. The largest absolute Gasteiger partial charge is 0.497 e. The lowest BCUT2D eigenvalue weighted by molar-refractivity contribution is -0.126. The summed E-state index contributed by atoms with van der Waals surface area (Å²) in [4.78, 5) is 11.8. The van der Waals surface area contributed by atoms with Gasteiger partial charge in [0.2, 0.25) is 15.9 Å². The molecule has 20 heavy (non-hydrogen) atoms. The van der Waals surface area contributed by atoms with Crippen molar-refractivity contribution in [1.82, 2.24) is 9.62 Å². The molecule has 6 nitrogen and oxygen atoms in total. The van der Waals surface area contributed by atoms with Crippen LogP contribution in [-0.4, -0.2) is 44.9 Å². The van der Waals surface area contributed by atoms with Crippen LogP contribution in [0.2, 0.25) is 0 Å². The monoisotopic (exact) mass is 298 g/mol. The summed E-state index contributed by atoms with van der Waals surface area (Å²) >= 11 is 0. The highest BCUT2D eigenvalue weighted by atomic mass is 32.2. The minimum absolute atomic E-state index is 0.208. The van der Waals surface area contributed by atoms with Gasteiger partial charge in [0.25, 0.3) is 0 Å². The molecule has 2 rings (SSSR count).